The summed E-state index contributed by atoms with van der Waals surface area (Å²) in [5.74, 6) is -0.370. The number of esters is 1. The van der Waals surface area contributed by atoms with Crippen LogP contribution in [0.5, 0.6) is 0 Å². The van der Waals surface area contributed by atoms with Crippen LogP contribution in [0, 0.1) is 0 Å². The highest BCUT2D eigenvalue weighted by molar-refractivity contribution is 5.75. The molecule has 0 saturated carbocycles. The van der Waals surface area contributed by atoms with E-state index in [9.17, 15) is 4.79 Å². The summed E-state index contributed by atoms with van der Waals surface area (Å²) in [6, 6.07) is -0.207. The number of carbonyl (C=O) groups is 1. The van der Waals surface area contributed by atoms with E-state index < -0.39 is 6.04 Å². The smallest absolute Gasteiger partial charge is 0.323 e. The summed E-state index contributed by atoms with van der Waals surface area (Å²) in [5, 5.41) is 0. The molecule has 2 unspecified atom stereocenters. The van der Waals surface area contributed by atoms with Gasteiger partial charge in [-0.1, -0.05) is 6.92 Å². The van der Waals surface area contributed by atoms with Gasteiger partial charge in [0.25, 0.3) is 0 Å². The normalized spacial score (nSPS) is 14.9. The SMILES string of the molecule is CCC(C)N(CCOC)CC(N)C(=O)OC. The maximum absolute atomic E-state index is 11.2. The maximum atomic E-state index is 11.2. The predicted octanol–water partition coefficient (Wildman–Crippen LogP) is 0.234. The first-order valence-corrected chi connectivity index (χ1v) is 5.63. The highest BCUT2D eigenvalue weighted by Crippen LogP contribution is 2.04. The van der Waals surface area contributed by atoms with E-state index in [0.717, 1.165) is 13.0 Å². The molecule has 5 heteroatoms. The summed E-state index contributed by atoms with van der Waals surface area (Å²) < 4.78 is 9.65. The topological polar surface area (TPSA) is 64.8 Å². The van der Waals surface area contributed by atoms with E-state index in [1.165, 1.54) is 7.11 Å². The van der Waals surface area contributed by atoms with Crippen LogP contribution < -0.4 is 5.73 Å². The number of methoxy groups -OCH3 is 2. The third kappa shape index (κ3) is 5.44. The predicted molar refractivity (Wildman–Crippen MR) is 63.2 cm³/mol. The summed E-state index contributed by atoms with van der Waals surface area (Å²) in [6.45, 7) is 6.13. The molecule has 0 bridgehead atoms. The fraction of sp³-hybridized carbons (Fsp3) is 0.909. The van der Waals surface area contributed by atoms with E-state index >= 15 is 0 Å². The summed E-state index contributed by atoms with van der Waals surface area (Å²) in [7, 11) is 3.01. The zero-order valence-electron chi connectivity index (χ0n) is 10.7. The molecule has 5 nitrogen and oxygen atoms in total. The van der Waals surface area contributed by atoms with Crippen molar-refractivity contribution < 1.29 is 14.3 Å². The van der Waals surface area contributed by atoms with Crippen molar-refractivity contribution in [3.63, 3.8) is 0 Å². The number of hydrogen-bond donors (Lipinski definition) is 1. The highest BCUT2D eigenvalue weighted by Gasteiger charge is 2.20. The molecule has 0 saturated heterocycles. The van der Waals surface area contributed by atoms with Gasteiger partial charge in [-0.25, -0.2) is 0 Å². The van der Waals surface area contributed by atoms with Crippen molar-refractivity contribution in [3.05, 3.63) is 0 Å². The Morgan fingerprint density at radius 3 is 2.50 bits per heavy atom. The molecular formula is C11H24N2O3. The summed E-state index contributed by atoms with van der Waals surface area (Å²) in [4.78, 5) is 13.4. The molecule has 0 rings (SSSR count). The lowest BCUT2D eigenvalue weighted by atomic mass is 10.2. The molecule has 0 aromatic rings. The quantitative estimate of drug-likeness (QED) is 0.607. The Morgan fingerprint density at radius 1 is 1.44 bits per heavy atom. The Kier molecular flexibility index (Phi) is 8.15. The van der Waals surface area contributed by atoms with Gasteiger partial charge < -0.3 is 15.2 Å². The second kappa shape index (κ2) is 8.50. The van der Waals surface area contributed by atoms with Crippen molar-refractivity contribution in [2.45, 2.75) is 32.4 Å². The van der Waals surface area contributed by atoms with Crippen molar-refractivity contribution in [1.82, 2.24) is 4.90 Å². The second-order valence-electron chi connectivity index (χ2n) is 3.87. The lowest BCUT2D eigenvalue weighted by Gasteiger charge is -2.29. The molecule has 0 aliphatic carbocycles. The number of rotatable bonds is 8. The van der Waals surface area contributed by atoms with Crippen LogP contribution in [0.1, 0.15) is 20.3 Å². The summed E-state index contributed by atoms with van der Waals surface area (Å²) >= 11 is 0. The summed E-state index contributed by atoms with van der Waals surface area (Å²) in [6.07, 6.45) is 1.01. The number of carbonyl (C=O) groups excluding carboxylic acids is 1. The van der Waals surface area contributed by atoms with Crippen LogP contribution in [0.25, 0.3) is 0 Å². The van der Waals surface area contributed by atoms with Crippen LogP contribution in [0.3, 0.4) is 0 Å². The number of nitrogens with two attached hydrogens (primary N) is 1. The third-order valence-corrected chi connectivity index (χ3v) is 2.73. The van der Waals surface area contributed by atoms with Gasteiger partial charge in [-0.3, -0.25) is 9.69 Å². The number of hydrogen-bond acceptors (Lipinski definition) is 5. The highest BCUT2D eigenvalue weighted by atomic mass is 16.5. The van der Waals surface area contributed by atoms with Gasteiger partial charge in [0, 0.05) is 26.2 Å². The summed E-state index contributed by atoms with van der Waals surface area (Å²) in [5.41, 5.74) is 5.74. The molecule has 0 amide bonds. The van der Waals surface area contributed by atoms with Gasteiger partial charge in [-0.15, -0.1) is 0 Å². The van der Waals surface area contributed by atoms with Gasteiger partial charge in [-0.2, -0.15) is 0 Å². The Morgan fingerprint density at radius 2 is 2.06 bits per heavy atom. The molecule has 16 heavy (non-hydrogen) atoms. The Bertz CT molecular complexity index is 200. The average molecular weight is 232 g/mol. The third-order valence-electron chi connectivity index (χ3n) is 2.73. The number of ether oxygens (including phenoxy) is 2. The molecule has 0 aliphatic heterocycles. The van der Waals surface area contributed by atoms with Gasteiger partial charge in [0.2, 0.25) is 0 Å². The van der Waals surface area contributed by atoms with Crippen molar-refractivity contribution in [2.75, 3.05) is 33.9 Å². The van der Waals surface area contributed by atoms with Gasteiger partial charge in [0.05, 0.1) is 13.7 Å². The average Bonchev–Trinajstić information content (AvgIpc) is 2.31. The molecule has 0 heterocycles. The van der Waals surface area contributed by atoms with Gasteiger partial charge >= 0.3 is 5.97 Å². The number of nitrogens with zero attached hydrogens (tertiary/aromatic N) is 1. The molecule has 0 aromatic heterocycles. The lowest BCUT2D eigenvalue weighted by molar-refractivity contribution is -0.142. The van der Waals surface area contributed by atoms with E-state index in [-0.39, 0.29) is 5.97 Å². The van der Waals surface area contributed by atoms with E-state index in [0.29, 0.717) is 19.2 Å². The van der Waals surface area contributed by atoms with Crippen LogP contribution in [-0.4, -0.2) is 56.9 Å². The largest absolute Gasteiger partial charge is 0.468 e. The molecule has 0 aliphatic rings. The van der Waals surface area contributed by atoms with E-state index in [1.54, 1.807) is 7.11 Å². The zero-order chi connectivity index (χ0) is 12.6. The molecular weight excluding hydrogens is 208 g/mol. The van der Waals surface area contributed by atoms with Crippen molar-refractivity contribution in [1.29, 1.82) is 0 Å². The first-order chi connectivity index (χ1) is 7.56. The van der Waals surface area contributed by atoms with Gasteiger partial charge in [-0.05, 0) is 13.3 Å². The monoisotopic (exact) mass is 232 g/mol. The first-order valence-electron chi connectivity index (χ1n) is 5.63. The Balaban J connectivity index is 4.23. The van der Waals surface area contributed by atoms with Crippen molar-refractivity contribution in [2.24, 2.45) is 5.73 Å². The Hall–Kier alpha value is -0.650. The molecule has 0 aromatic carbocycles. The zero-order valence-corrected chi connectivity index (χ0v) is 10.7. The van der Waals surface area contributed by atoms with Crippen LogP contribution in [0.4, 0.5) is 0 Å². The Labute approximate surface area is 97.9 Å². The van der Waals surface area contributed by atoms with Crippen LogP contribution in [0.2, 0.25) is 0 Å². The van der Waals surface area contributed by atoms with Crippen molar-refractivity contribution in [3.8, 4) is 0 Å². The van der Waals surface area contributed by atoms with E-state index in [1.807, 2.05) is 0 Å². The van der Waals surface area contributed by atoms with Crippen molar-refractivity contribution >= 4 is 5.97 Å². The van der Waals surface area contributed by atoms with Gasteiger partial charge in [0.1, 0.15) is 6.04 Å². The van der Waals surface area contributed by atoms with E-state index in [2.05, 4.69) is 23.5 Å². The van der Waals surface area contributed by atoms with Gasteiger partial charge in [0.15, 0.2) is 0 Å². The minimum absolute atomic E-state index is 0.370. The molecule has 0 fully saturated rings. The molecule has 2 N–H and O–H groups in total. The van der Waals surface area contributed by atoms with Crippen LogP contribution in [0.15, 0.2) is 0 Å². The molecule has 96 valence electrons. The van der Waals surface area contributed by atoms with Crippen LogP contribution >= 0.6 is 0 Å². The standard InChI is InChI=1S/C11H24N2O3/c1-5-9(2)13(6-7-15-3)8-10(12)11(14)16-4/h9-10H,5-8,12H2,1-4H3. The molecule has 0 spiro atoms. The minimum atomic E-state index is -0.587. The second-order valence-corrected chi connectivity index (χ2v) is 3.87. The first kappa shape index (κ1) is 15.3. The fourth-order valence-electron chi connectivity index (χ4n) is 1.44. The molecule has 0 radical (unpaired) electrons. The fourth-order valence-corrected chi connectivity index (χ4v) is 1.44. The maximum Gasteiger partial charge on any atom is 0.323 e. The minimum Gasteiger partial charge on any atom is -0.468 e. The lowest BCUT2D eigenvalue weighted by Crippen LogP contribution is -2.47. The van der Waals surface area contributed by atoms with E-state index in [4.69, 9.17) is 10.5 Å². The molecule has 2 atom stereocenters. The van der Waals surface area contributed by atoms with Crippen LogP contribution in [-0.2, 0) is 14.3 Å².